The Labute approximate surface area is 124 Å². The summed E-state index contributed by atoms with van der Waals surface area (Å²) in [7, 11) is 1.69. The average molecular weight is 288 g/mol. The van der Waals surface area contributed by atoms with Crippen LogP contribution in [0.25, 0.3) is 11.1 Å². The van der Waals surface area contributed by atoms with Gasteiger partial charge in [0, 0.05) is 17.6 Å². The third-order valence-corrected chi connectivity index (χ3v) is 3.98. The van der Waals surface area contributed by atoms with Crippen molar-refractivity contribution in [1.82, 2.24) is 5.32 Å². The molecule has 104 valence electrons. The third kappa shape index (κ3) is 3.14. The Morgan fingerprint density at radius 2 is 1.95 bits per heavy atom. The first kappa shape index (κ1) is 13.5. The predicted molar refractivity (Wildman–Crippen MR) is 83.3 cm³/mol. The molecular formula is C17H18ClNO. The maximum absolute atomic E-state index is 6.28. The molecule has 0 heterocycles. The van der Waals surface area contributed by atoms with Crippen LogP contribution in [0.1, 0.15) is 18.4 Å². The van der Waals surface area contributed by atoms with E-state index in [-0.39, 0.29) is 0 Å². The van der Waals surface area contributed by atoms with E-state index >= 15 is 0 Å². The van der Waals surface area contributed by atoms with Gasteiger partial charge in [-0.15, -0.1) is 0 Å². The van der Waals surface area contributed by atoms with Gasteiger partial charge in [0.2, 0.25) is 0 Å². The summed E-state index contributed by atoms with van der Waals surface area (Å²) in [4.78, 5) is 0. The van der Waals surface area contributed by atoms with Crippen LogP contribution in [0, 0.1) is 0 Å². The van der Waals surface area contributed by atoms with Crippen molar-refractivity contribution in [3.8, 4) is 16.9 Å². The largest absolute Gasteiger partial charge is 0.497 e. The molecular weight excluding hydrogens is 270 g/mol. The minimum Gasteiger partial charge on any atom is -0.497 e. The predicted octanol–water partition coefficient (Wildman–Crippen LogP) is 4.27. The van der Waals surface area contributed by atoms with Crippen LogP contribution in [0.5, 0.6) is 5.75 Å². The van der Waals surface area contributed by atoms with E-state index in [1.165, 1.54) is 18.4 Å². The van der Waals surface area contributed by atoms with Gasteiger partial charge in [0.05, 0.1) is 7.11 Å². The zero-order valence-electron chi connectivity index (χ0n) is 11.5. The summed E-state index contributed by atoms with van der Waals surface area (Å²) in [5.74, 6) is 0.870. The number of nitrogens with one attached hydrogen (secondary N) is 1. The molecule has 0 unspecified atom stereocenters. The van der Waals surface area contributed by atoms with Crippen molar-refractivity contribution in [1.29, 1.82) is 0 Å². The van der Waals surface area contributed by atoms with Crippen LogP contribution in [0.15, 0.2) is 42.5 Å². The van der Waals surface area contributed by atoms with Crippen molar-refractivity contribution in [3.05, 3.63) is 53.1 Å². The van der Waals surface area contributed by atoms with Gasteiger partial charge in [0.15, 0.2) is 0 Å². The lowest BCUT2D eigenvalue weighted by Gasteiger charge is -2.10. The SMILES string of the molecule is COc1cccc(-c2ccc(Cl)c(CNC3CC3)c2)c1. The Morgan fingerprint density at radius 3 is 2.70 bits per heavy atom. The molecule has 1 saturated carbocycles. The molecule has 1 aliphatic carbocycles. The quantitative estimate of drug-likeness (QED) is 0.887. The van der Waals surface area contributed by atoms with E-state index in [0.717, 1.165) is 28.4 Å². The lowest BCUT2D eigenvalue weighted by molar-refractivity contribution is 0.415. The van der Waals surface area contributed by atoms with E-state index in [1.54, 1.807) is 7.11 Å². The van der Waals surface area contributed by atoms with Gasteiger partial charge < -0.3 is 10.1 Å². The lowest BCUT2D eigenvalue weighted by Crippen LogP contribution is -2.15. The Hall–Kier alpha value is -1.51. The molecule has 0 saturated heterocycles. The topological polar surface area (TPSA) is 21.3 Å². The van der Waals surface area contributed by atoms with Gasteiger partial charge in [0.1, 0.15) is 5.75 Å². The smallest absolute Gasteiger partial charge is 0.119 e. The molecule has 3 rings (SSSR count). The standard InChI is InChI=1S/C17H18ClNO/c1-20-16-4-2-3-12(10-16)13-5-8-17(18)14(9-13)11-19-15-6-7-15/h2-5,8-10,15,19H,6-7,11H2,1H3. The highest BCUT2D eigenvalue weighted by Crippen LogP contribution is 2.28. The Bertz CT molecular complexity index is 608. The summed E-state index contributed by atoms with van der Waals surface area (Å²) in [5, 5.41) is 4.33. The van der Waals surface area contributed by atoms with Crippen molar-refractivity contribution in [3.63, 3.8) is 0 Å². The minimum absolute atomic E-state index is 0.687. The van der Waals surface area contributed by atoms with Crippen molar-refractivity contribution >= 4 is 11.6 Å². The molecule has 1 N–H and O–H groups in total. The van der Waals surface area contributed by atoms with Crippen LogP contribution in [0.4, 0.5) is 0 Å². The van der Waals surface area contributed by atoms with Crippen LogP contribution in [0.3, 0.4) is 0 Å². The van der Waals surface area contributed by atoms with Gasteiger partial charge in [-0.3, -0.25) is 0 Å². The van der Waals surface area contributed by atoms with Crippen LogP contribution in [-0.2, 0) is 6.54 Å². The fourth-order valence-electron chi connectivity index (χ4n) is 2.23. The minimum atomic E-state index is 0.687. The number of halogens is 1. The van der Waals surface area contributed by atoms with E-state index in [2.05, 4.69) is 23.5 Å². The van der Waals surface area contributed by atoms with Gasteiger partial charge >= 0.3 is 0 Å². The highest BCUT2D eigenvalue weighted by atomic mass is 35.5. The van der Waals surface area contributed by atoms with E-state index in [1.807, 2.05) is 24.3 Å². The zero-order chi connectivity index (χ0) is 13.9. The summed E-state index contributed by atoms with van der Waals surface area (Å²) in [5.41, 5.74) is 3.47. The first-order valence-corrected chi connectivity index (χ1v) is 7.30. The fourth-order valence-corrected chi connectivity index (χ4v) is 2.42. The Kier molecular flexibility index (Phi) is 3.95. The van der Waals surface area contributed by atoms with Crippen LogP contribution in [-0.4, -0.2) is 13.2 Å². The number of hydrogen-bond acceptors (Lipinski definition) is 2. The second kappa shape index (κ2) is 5.86. The van der Waals surface area contributed by atoms with Gasteiger partial charge in [-0.05, 0) is 53.8 Å². The summed E-state index contributed by atoms with van der Waals surface area (Å²) in [6.07, 6.45) is 2.57. The second-order valence-corrected chi connectivity index (χ2v) is 5.60. The molecule has 2 nitrogen and oxygen atoms in total. The number of rotatable bonds is 5. The molecule has 2 aromatic carbocycles. The third-order valence-electron chi connectivity index (χ3n) is 3.61. The molecule has 20 heavy (non-hydrogen) atoms. The lowest BCUT2D eigenvalue weighted by atomic mass is 10.0. The Balaban J connectivity index is 1.86. The van der Waals surface area contributed by atoms with Crippen molar-refractivity contribution in [2.24, 2.45) is 0 Å². The van der Waals surface area contributed by atoms with Crippen molar-refractivity contribution in [2.45, 2.75) is 25.4 Å². The molecule has 1 aliphatic rings. The normalized spacial score (nSPS) is 14.3. The van der Waals surface area contributed by atoms with Gasteiger partial charge in [-0.1, -0.05) is 29.8 Å². The highest BCUT2D eigenvalue weighted by molar-refractivity contribution is 6.31. The van der Waals surface area contributed by atoms with E-state index in [0.29, 0.717) is 6.04 Å². The van der Waals surface area contributed by atoms with Crippen LogP contribution in [0.2, 0.25) is 5.02 Å². The van der Waals surface area contributed by atoms with Crippen LogP contribution < -0.4 is 10.1 Å². The second-order valence-electron chi connectivity index (χ2n) is 5.19. The first-order chi connectivity index (χ1) is 9.76. The summed E-state index contributed by atoms with van der Waals surface area (Å²) < 4.78 is 5.28. The number of hydrogen-bond donors (Lipinski definition) is 1. The fraction of sp³-hybridized carbons (Fsp3) is 0.294. The van der Waals surface area contributed by atoms with Gasteiger partial charge in [-0.2, -0.15) is 0 Å². The molecule has 1 fully saturated rings. The molecule has 0 bridgehead atoms. The Morgan fingerprint density at radius 1 is 1.15 bits per heavy atom. The molecule has 0 atom stereocenters. The van der Waals surface area contributed by atoms with Crippen LogP contribution >= 0.6 is 11.6 Å². The summed E-state index contributed by atoms with van der Waals surface area (Å²) in [6, 6.07) is 15.0. The molecule has 3 heteroatoms. The maximum Gasteiger partial charge on any atom is 0.119 e. The molecule has 0 aromatic heterocycles. The molecule has 0 amide bonds. The highest BCUT2D eigenvalue weighted by Gasteiger charge is 2.20. The summed E-state index contributed by atoms with van der Waals surface area (Å²) >= 11 is 6.28. The maximum atomic E-state index is 6.28. The number of ether oxygens (including phenoxy) is 1. The van der Waals surface area contributed by atoms with E-state index in [4.69, 9.17) is 16.3 Å². The molecule has 0 aliphatic heterocycles. The van der Waals surface area contributed by atoms with Crippen molar-refractivity contribution in [2.75, 3.05) is 7.11 Å². The summed E-state index contributed by atoms with van der Waals surface area (Å²) in [6.45, 7) is 0.835. The average Bonchev–Trinajstić information content (AvgIpc) is 3.31. The number of methoxy groups -OCH3 is 1. The van der Waals surface area contributed by atoms with E-state index in [9.17, 15) is 0 Å². The number of benzene rings is 2. The van der Waals surface area contributed by atoms with Gasteiger partial charge in [0.25, 0.3) is 0 Å². The molecule has 2 aromatic rings. The van der Waals surface area contributed by atoms with E-state index < -0.39 is 0 Å². The molecule has 0 radical (unpaired) electrons. The van der Waals surface area contributed by atoms with Gasteiger partial charge in [-0.25, -0.2) is 0 Å². The zero-order valence-corrected chi connectivity index (χ0v) is 12.3. The monoisotopic (exact) mass is 287 g/mol. The van der Waals surface area contributed by atoms with Crippen molar-refractivity contribution < 1.29 is 4.74 Å². The first-order valence-electron chi connectivity index (χ1n) is 6.92. The molecule has 0 spiro atoms.